The van der Waals surface area contributed by atoms with Gasteiger partial charge in [0.2, 0.25) is 0 Å². The summed E-state index contributed by atoms with van der Waals surface area (Å²) < 4.78 is 0. The second kappa shape index (κ2) is 3.30. The Morgan fingerprint density at radius 2 is 2.33 bits per heavy atom. The van der Waals surface area contributed by atoms with Crippen LogP contribution in [0.25, 0.3) is 0 Å². The van der Waals surface area contributed by atoms with E-state index >= 15 is 0 Å². The summed E-state index contributed by atoms with van der Waals surface area (Å²) in [7, 11) is 0. The summed E-state index contributed by atoms with van der Waals surface area (Å²) in [5.74, 6) is 0.149. The number of Topliss-reactive ketones (excluding diaryl/α,β-unsaturated/α-hetero) is 1. The van der Waals surface area contributed by atoms with E-state index in [0.717, 1.165) is 0 Å². The fourth-order valence-corrected chi connectivity index (χ4v) is 0.859. The van der Waals surface area contributed by atoms with Crippen LogP contribution >= 0.6 is 0 Å². The number of aromatic nitrogens is 2. The van der Waals surface area contributed by atoms with Crippen LogP contribution in [0.3, 0.4) is 0 Å². The Balaban J connectivity index is 3.13. The number of nitrogens with two attached hydrogens (primary N) is 1. The molecule has 0 unspecified atom stereocenters. The lowest BCUT2D eigenvalue weighted by Gasteiger charge is -2.01. The Morgan fingerprint density at radius 1 is 1.67 bits per heavy atom. The number of hydrogen-bond acceptors (Lipinski definition) is 4. The van der Waals surface area contributed by atoms with Crippen molar-refractivity contribution >= 4 is 11.6 Å². The molecule has 64 valence electrons. The van der Waals surface area contributed by atoms with E-state index in [4.69, 9.17) is 5.73 Å². The number of anilines is 1. The molecule has 1 rings (SSSR count). The van der Waals surface area contributed by atoms with Gasteiger partial charge in [-0.15, -0.1) is 0 Å². The van der Waals surface area contributed by atoms with E-state index in [-0.39, 0.29) is 17.3 Å². The highest BCUT2D eigenvalue weighted by molar-refractivity contribution is 5.97. The second-order valence-electron chi connectivity index (χ2n) is 2.52. The first-order valence-corrected chi connectivity index (χ1v) is 3.77. The van der Waals surface area contributed by atoms with E-state index in [1.54, 1.807) is 20.0 Å². The molecule has 0 fully saturated rings. The number of carbonyl (C=O) groups is 1. The maximum atomic E-state index is 11.2. The van der Waals surface area contributed by atoms with Gasteiger partial charge < -0.3 is 5.73 Å². The molecule has 0 aromatic carbocycles. The Bertz CT molecular complexity index is 309. The number of nitrogen functional groups attached to an aromatic ring is 1. The number of aryl methyl sites for hydroxylation is 1. The van der Waals surface area contributed by atoms with Gasteiger partial charge in [0.15, 0.2) is 11.6 Å². The van der Waals surface area contributed by atoms with E-state index in [1.807, 2.05) is 0 Å². The molecule has 4 nitrogen and oxygen atoms in total. The van der Waals surface area contributed by atoms with Crippen molar-refractivity contribution < 1.29 is 4.79 Å². The van der Waals surface area contributed by atoms with Crippen LogP contribution in [-0.4, -0.2) is 15.8 Å². The SMILES string of the molecule is CCC(=O)c1nc(C)cnc1N. The van der Waals surface area contributed by atoms with Crippen LogP contribution in [0.4, 0.5) is 5.82 Å². The third-order valence-corrected chi connectivity index (χ3v) is 1.51. The Hall–Kier alpha value is -1.45. The summed E-state index contributed by atoms with van der Waals surface area (Å²) in [6, 6.07) is 0. The van der Waals surface area contributed by atoms with Crippen LogP contribution in [-0.2, 0) is 0 Å². The van der Waals surface area contributed by atoms with Crippen LogP contribution < -0.4 is 5.73 Å². The lowest BCUT2D eigenvalue weighted by atomic mass is 10.2. The zero-order valence-corrected chi connectivity index (χ0v) is 7.16. The fourth-order valence-electron chi connectivity index (χ4n) is 0.859. The van der Waals surface area contributed by atoms with Gasteiger partial charge in [-0.3, -0.25) is 4.79 Å². The van der Waals surface area contributed by atoms with E-state index in [2.05, 4.69) is 9.97 Å². The fraction of sp³-hybridized carbons (Fsp3) is 0.375. The average molecular weight is 165 g/mol. The molecule has 0 atom stereocenters. The molecule has 1 aromatic heterocycles. The number of carbonyl (C=O) groups excluding carboxylic acids is 1. The average Bonchev–Trinajstić information content (AvgIpc) is 2.08. The molecule has 0 spiro atoms. The van der Waals surface area contributed by atoms with Crippen LogP contribution in [0.5, 0.6) is 0 Å². The van der Waals surface area contributed by atoms with Crippen LogP contribution in [0.2, 0.25) is 0 Å². The molecule has 1 aromatic rings. The molecule has 0 radical (unpaired) electrons. The van der Waals surface area contributed by atoms with Gasteiger partial charge in [-0.25, -0.2) is 9.97 Å². The van der Waals surface area contributed by atoms with Gasteiger partial charge in [0.1, 0.15) is 5.69 Å². The summed E-state index contributed by atoms with van der Waals surface area (Å²) in [5, 5.41) is 0. The zero-order chi connectivity index (χ0) is 9.14. The lowest BCUT2D eigenvalue weighted by Crippen LogP contribution is -2.08. The number of nitrogens with zero attached hydrogens (tertiary/aromatic N) is 2. The maximum absolute atomic E-state index is 11.2. The molecule has 4 heteroatoms. The molecule has 0 amide bonds. The molecule has 0 saturated carbocycles. The molecule has 12 heavy (non-hydrogen) atoms. The molecular weight excluding hydrogens is 154 g/mol. The molecule has 2 N–H and O–H groups in total. The second-order valence-corrected chi connectivity index (χ2v) is 2.52. The summed E-state index contributed by atoms with van der Waals surface area (Å²) in [4.78, 5) is 19.1. The normalized spacial score (nSPS) is 9.83. The minimum absolute atomic E-state index is 0.0660. The standard InChI is InChI=1S/C8H11N3O/c1-3-6(12)7-8(9)10-4-5(2)11-7/h4H,3H2,1-2H3,(H2,9,10). The number of rotatable bonds is 2. The molecule has 1 heterocycles. The predicted octanol–water partition coefficient (Wildman–Crippen LogP) is 0.960. The first-order valence-electron chi connectivity index (χ1n) is 3.77. The maximum Gasteiger partial charge on any atom is 0.184 e. The van der Waals surface area contributed by atoms with Crippen molar-refractivity contribution in [1.29, 1.82) is 0 Å². The molecular formula is C8H11N3O. The molecule has 0 aliphatic carbocycles. The molecule has 0 aliphatic rings. The van der Waals surface area contributed by atoms with Crippen molar-refractivity contribution in [3.8, 4) is 0 Å². The first kappa shape index (κ1) is 8.64. The van der Waals surface area contributed by atoms with Gasteiger partial charge in [0.25, 0.3) is 0 Å². The van der Waals surface area contributed by atoms with Crippen molar-refractivity contribution in [2.45, 2.75) is 20.3 Å². The Kier molecular flexibility index (Phi) is 2.38. The van der Waals surface area contributed by atoms with Gasteiger partial charge in [-0.1, -0.05) is 6.92 Å². The monoisotopic (exact) mass is 165 g/mol. The van der Waals surface area contributed by atoms with E-state index < -0.39 is 0 Å². The van der Waals surface area contributed by atoms with Crippen LogP contribution in [0.1, 0.15) is 29.5 Å². The Labute approximate surface area is 70.8 Å². The van der Waals surface area contributed by atoms with Crippen molar-refractivity contribution in [3.63, 3.8) is 0 Å². The largest absolute Gasteiger partial charge is 0.382 e. The van der Waals surface area contributed by atoms with E-state index in [9.17, 15) is 4.79 Å². The quantitative estimate of drug-likeness (QED) is 0.662. The summed E-state index contributed by atoms with van der Waals surface area (Å²) in [6.07, 6.45) is 1.95. The van der Waals surface area contributed by atoms with Gasteiger partial charge in [-0.05, 0) is 6.92 Å². The highest BCUT2D eigenvalue weighted by atomic mass is 16.1. The van der Waals surface area contributed by atoms with Crippen molar-refractivity contribution in [2.24, 2.45) is 0 Å². The smallest absolute Gasteiger partial charge is 0.184 e. The minimum atomic E-state index is -0.0660. The van der Waals surface area contributed by atoms with Gasteiger partial charge >= 0.3 is 0 Å². The van der Waals surface area contributed by atoms with Crippen LogP contribution in [0, 0.1) is 6.92 Å². The van der Waals surface area contributed by atoms with E-state index in [0.29, 0.717) is 12.1 Å². The third-order valence-electron chi connectivity index (χ3n) is 1.51. The highest BCUT2D eigenvalue weighted by Gasteiger charge is 2.09. The molecule has 0 bridgehead atoms. The summed E-state index contributed by atoms with van der Waals surface area (Å²) in [5.41, 5.74) is 6.47. The molecule has 0 aliphatic heterocycles. The number of ketones is 1. The summed E-state index contributed by atoms with van der Waals surface area (Å²) >= 11 is 0. The predicted molar refractivity (Wildman–Crippen MR) is 45.8 cm³/mol. The van der Waals surface area contributed by atoms with Gasteiger partial charge in [0, 0.05) is 6.42 Å². The zero-order valence-electron chi connectivity index (χ0n) is 7.16. The van der Waals surface area contributed by atoms with Crippen molar-refractivity contribution in [1.82, 2.24) is 9.97 Å². The van der Waals surface area contributed by atoms with Crippen LogP contribution in [0.15, 0.2) is 6.20 Å². The minimum Gasteiger partial charge on any atom is -0.382 e. The lowest BCUT2D eigenvalue weighted by molar-refractivity contribution is 0.0984. The first-order chi connectivity index (χ1) is 5.65. The third kappa shape index (κ3) is 1.58. The topological polar surface area (TPSA) is 68.9 Å². The summed E-state index contributed by atoms with van der Waals surface area (Å²) in [6.45, 7) is 3.55. The van der Waals surface area contributed by atoms with Crippen molar-refractivity contribution in [3.05, 3.63) is 17.6 Å². The van der Waals surface area contributed by atoms with Gasteiger partial charge in [-0.2, -0.15) is 0 Å². The molecule has 0 saturated heterocycles. The highest BCUT2D eigenvalue weighted by Crippen LogP contribution is 2.07. The number of hydrogen-bond donors (Lipinski definition) is 1. The van der Waals surface area contributed by atoms with Crippen molar-refractivity contribution in [2.75, 3.05) is 5.73 Å². The van der Waals surface area contributed by atoms with E-state index in [1.165, 1.54) is 0 Å². The van der Waals surface area contributed by atoms with Gasteiger partial charge in [0.05, 0.1) is 11.9 Å². The Morgan fingerprint density at radius 3 is 2.92 bits per heavy atom.